The third kappa shape index (κ3) is 9.04. The van der Waals surface area contributed by atoms with Crippen LogP contribution in [0.5, 0.6) is 5.75 Å². The van der Waals surface area contributed by atoms with E-state index in [-0.39, 0.29) is 35.4 Å². The molecule has 2 amide bonds. The zero-order valence-electron chi connectivity index (χ0n) is 23.6. The zero-order chi connectivity index (χ0) is 31.0. The topological polar surface area (TPSA) is 105 Å². The van der Waals surface area contributed by atoms with Crippen molar-refractivity contribution in [3.63, 3.8) is 0 Å². The number of rotatable bonds is 12. The van der Waals surface area contributed by atoms with Crippen LogP contribution in [0.15, 0.2) is 102 Å². The van der Waals surface area contributed by atoms with Crippen molar-refractivity contribution in [1.82, 2.24) is 10.2 Å². The number of aryl methyl sites for hydroxylation is 1. The van der Waals surface area contributed by atoms with Gasteiger partial charge in [0.15, 0.2) is 6.61 Å². The Balaban J connectivity index is 1.41. The monoisotopic (exact) mass is 623 g/mol. The van der Waals surface area contributed by atoms with Crippen molar-refractivity contribution in [2.24, 2.45) is 0 Å². The number of nitrogens with zero attached hydrogens (tertiary/aromatic N) is 1. The fourth-order valence-corrected chi connectivity index (χ4v) is 5.27. The minimum absolute atomic E-state index is 0.0428. The van der Waals surface area contributed by atoms with Gasteiger partial charge in [0.05, 0.1) is 4.90 Å². The molecule has 4 rings (SSSR count). The van der Waals surface area contributed by atoms with Gasteiger partial charge in [-0.3, -0.25) is 14.3 Å². The van der Waals surface area contributed by atoms with Crippen molar-refractivity contribution >= 4 is 39.1 Å². The molecule has 0 saturated carbocycles. The van der Waals surface area contributed by atoms with Crippen LogP contribution in [-0.2, 0) is 32.7 Å². The molecule has 0 aliphatic carbocycles. The minimum atomic E-state index is -3.93. The SMILES string of the molecule is Cc1ccc(CNC(=O)[C@H](C)N(Cc2ccc(Cl)cc2)C(=O)COc2ccc(S(=O)(=O)Nc3ccc(F)cc3)cc2)cc1. The van der Waals surface area contributed by atoms with E-state index in [1.54, 1.807) is 31.2 Å². The maximum absolute atomic E-state index is 13.4. The Morgan fingerprint density at radius 1 is 0.884 bits per heavy atom. The number of amides is 2. The first kappa shape index (κ1) is 31.5. The molecule has 8 nitrogen and oxygen atoms in total. The normalized spacial score (nSPS) is 11.8. The molecule has 0 aliphatic heterocycles. The molecule has 0 bridgehead atoms. The maximum atomic E-state index is 13.4. The lowest BCUT2D eigenvalue weighted by molar-refractivity contribution is -0.142. The Bertz CT molecular complexity index is 1650. The molecule has 0 saturated heterocycles. The Morgan fingerprint density at radius 2 is 1.49 bits per heavy atom. The highest BCUT2D eigenvalue weighted by atomic mass is 35.5. The molecular weight excluding hydrogens is 593 g/mol. The summed E-state index contributed by atoms with van der Waals surface area (Å²) in [7, 11) is -3.93. The summed E-state index contributed by atoms with van der Waals surface area (Å²) in [6, 6.07) is 24.4. The molecule has 4 aromatic rings. The number of hydrogen-bond donors (Lipinski definition) is 2. The van der Waals surface area contributed by atoms with Crippen LogP contribution >= 0.6 is 11.6 Å². The molecule has 0 aromatic heterocycles. The van der Waals surface area contributed by atoms with Gasteiger partial charge in [-0.2, -0.15) is 0 Å². The summed E-state index contributed by atoms with van der Waals surface area (Å²) in [6.07, 6.45) is 0. The van der Waals surface area contributed by atoms with Gasteiger partial charge in [-0.25, -0.2) is 12.8 Å². The molecule has 0 aliphatic rings. The Kier molecular flexibility index (Phi) is 10.4. The number of halogens is 2. The highest BCUT2D eigenvalue weighted by Gasteiger charge is 2.26. The van der Waals surface area contributed by atoms with Crippen LogP contribution < -0.4 is 14.8 Å². The molecule has 224 valence electrons. The van der Waals surface area contributed by atoms with Crippen molar-refractivity contribution in [2.45, 2.75) is 37.9 Å². The van der Waals surface area contributed by atoms with Gasteiger partial charge in [0.1, 0.15) is 17.6 Å². The first-order chi connectivity index (χ1) is 20.5. The molecule has 43 heavy (non-hydrogen) atoms. The van der Waals surface area contributed by atoms with Gasteiger partial charge in [0.2, 0.25) is 5.91 Å². The molecule has 0 unspecified atom stereocenters. The van der Waals surface area contributed by atoms with Crippen molar-refractivity contribution in [3.05, 3.63) is 125 Å². The van der Waals surface area contributed by atoms with Gasteiger partial charge >= 0.3 is 0 Å². The van der Waals surface area contributed by atoms with Crippen LogP contribution in [0.25, 0.3) is 0 Å². The predicted molar refractivity (Wildman–Crippen MR) is 164 cm³/mol. The number of nitrogens with one attached hydrogen (secondary N) is 2. The van der Waals surface area contributed by atoms with E-state index in [1.165, 1.54) is 41.3 Å². The summed E-state index contributed by atoms with van der Waals surface area (Å²) >= 11 is 6.02. The third-order valence-corrected chi connectivity index (χ3v) is 8.26. The van der Waals surface area contributed by atoms with Crippen LogP contribution in [0.4, 0.5) is 10.1 Å². The molecule has 2 N–H and O–H groups in total. The van der Waals surface area contributed by atoms with E-state index in [0.29, 0.717) is 11.6 Å². The first-order valence-corrected chi connectivity index (χ1v) is 15.2. The van der Waals surface area contributed by atoms with Gasteiger partial charge in [0.25, 0.3) is 15.9 Å². The standard InChI is InChI=1S/C32H31ClFN3O5S/c1-22-3-5-24(6-4-22)19-35-32(39)23(2)37(20-25-7-9-26(33)10-8-25)31(38)21-42-29-15-17-30(18-16-29)43(40,41)36-28-13-11-27(34)12-14-28/h3-18,23,36H,19-21H2,1-2H3,(H,35,39)/t23-/m0/s1. The summed E-state index contributed by atoms with van der Waals surface area (Å²) in [4.78, 5) is 27.8. The van der Waals surface area contributed by atoms with Crippen LogP contribution in [0.3, 0.4) is 0 Å². The number of carbonyl (C=O) groups is 2. The molecule has 0 heterocycles. The molecule has 0 radical (unpaired) electrons. The largest absolute Gasteiger partial charge is 0.484 e. The molecule has 1 atom stereocenters. The quantitative estimate of drug-likeness (QED) is 0.211. The van der Waals surface area contributed by atoms with Crippen molar-refractivity contribution in [2.75, 3.05) is 11.3 Å². The lowest BCUT2D eigenvalue weighted by Crippen LogP contribution is -2.48. The smallest absolute Gasteiger partial charge is 0.261 e. The Hall–Kier alpha value is -4.41. The minimum Gasteiger partial charge on any atom is -0.484 e. The fourth-order valence-electron chi connectivity index (χ4n) is 4.09. The van der Waals surface area contributed by atoms with Crippen LogP contribution in [-0.4, -0.2) is 37.8 Å². The van der Waals surface area contributed by atoms with Gasteiger partial charge in [-0.05, 0) is 85.6 Å². The molecule has 11 heteroatoms. The predicted octanol–water partition coefficient (Wildman–Crippen LogP) is 5.70. The summed E-state index contributed by atoms with van der Waals surface area (Å²) in [5.41, 5.74) is 3.04. The van der Waals surface area contributed by atoms with Gasteiger partial charge in [0, 0.05) is 23.8 Å². The van der Waals surface area contributed by atoms with E-state index in [2.05, 4.69) is 10.0 Å². The Morgan fingerprint density at radius 3 is 2.12 bits per heavy atom. The summed E-state index contributed by atoms with van der Waals surface area (Å²) in [6.45, 7) is 3.70. The van der Waals surface area contributed by atoms with Crippen LogP contribution in [0, 0.1) is 12.7 Å². The number of sulfonamides is 1. The average Bonchev–Trinajstić information content (AvgIpc) is 3.00. The molecule has 0 spiro atoms. The van der Waals surface area contributed by atoms with E-state index in [1.807, 2.05) is 31.2 Å². The van der Waals surface area contributed by atoms with Crippen LogP contribution in [0.1, 0.15) is 23.6 Å². The van der Waals surface area contributed by atoms with Crippen molar-refractivity contribution < 1.29 is 27.1 Å². The van der Waals surface area contributed by atoms with Gasteiger partial charge < -0.3 is 15.0 Å². The average molecular weight is 624 g/mol. The first-order valence-electron chi connectivity index (χ1n) is 13.4. The summed E-state index contributed by atoms with van der Waals surface area (Å²) in [5, 5.41) is 3.43. The van der Waals surface area contributed by atoms with Crippen LogP contribution in [0.2, 0.25) is 5.02 Å². The Labute approximate surface area is 255 Å². The third-order valence-electron chi connectivity index (χ3n) is 6.61. The number of ether oxygens (including phenoxy) is 1. The van der Waals surface area contributed by atoms with Crippen molar-refractivity contribution in [3.8, 4) is 5.75 Å². The number of anilines is 1. The van der Waals surface area contributed by atoms with E-state index < -0.39 is 27.8 Å². The summed E-state index contributed by atoms with van der Waals surface area (Å²) in [5.74, 6) is -0.992. The second-order valence-corrected chi connectivity index (χ2v) is 12.0. The van der Waals surface area contributed by atoms with E-state index >= 15 is 0 Å². The summed E-state index contributed by atoms with van der Waals surface area (Å²) < 4.78 is 46.6. The maximum Gasteiger partial charge on any atom is 0.261 e. The molecule has 4 aromatic carbocycles. The lowest BCUT2D eigenvalue weighted by atomic mass is 10.1. The molecular formula is C32H31ClFN3O5S. The second kappa shape index (κ2) is 14.2. The molecule has 0 fully saturated rings. The highest BCUT2D eigenvalue weighted by molar-refractivity contribution is 7.92. The van der Waals surface area contributed by atoms with E-state index in [9.17, 15) is 22.4 Å². The number of benzene rings is 4. The number of carbonyl (C=O) groups excluding carboxylic acids is 2. The lowest BCUT2D eigenvalue weighted by Gasteiger charge is -2.29. The van der Waals surface area contributed by atoms with Gasteiger partial charge in [-0.15, -0.1) is 0 Å². The number of hydrogen-bond acceptors (Lipinski definition) is 5. The van der Waals surface area contributed by atoms with E-state index in [0.717, 1.165) is 28.8 Å². The fraction of sp³-hybridized carbons (Fsp3) is 0.188. The van der Waals surface area contributed by atoms with E-state index in [4.69, 9.17) is 16.3 Å². The van der Waals surface area contributed by atoms with Gasteiger partial charge in [-0.1, -0.05) is 53.6 Å². The van der Waals surface area contributed by atoms with Crippen molar-refractivity contribution in [1.29, 1.82) is 0 Å². The highest BCUT2D eigenvalue weighted by Crippen LogP contribution is 2.20. The zero-order valence-corrected chi connectivity index (χ0v) is 25.2. The second-order valence-electron chi connectivity index (χ2n) is 9.90.